The normalized spacial score (nSPS) is 11.6. The summed E-state index contributed by atoms with van der Waals surface area (Å²) in [4.78, 5) is 4.79. The lowest BCUT2D eigenvalue weighted by Crippen LogP contribution is -1.95. The minimum Gasteiger partial charge on any atom is -0.456 e. The largest absolute Gasteiger partial charge is 0.456 e. The zero-order valence-electron chi connectivity index (χ0n) is 23.8. The van der Waals surface area contributed by atoms with E-state index in [0.29, 0.717) is 0 Å². The SMILES string of the molecule is c1ccc(-c2ccnc(-c3ccc4c(c3)c3ccc(-c5ccccc5)cc3n4-c3cccc4oc5ccccc5c34)c2)cc1. The molecule has 0 amide bonds. The molecule has 0 aliphatic carbocycles. The average Bonchev–Trinajstić information content (AvgIpc) is 3.64. The molecule has 0 saturated carbocycles. The van der Waals surface area contributed by atoms with Crippen molar-refractivity contribution in [2.75, 3.05) is 0 Å². The van der Waals surface area contributed by atoms with Gasteiger partial charge in [-0.15, -0.1) is 0 Å². The molecule has 0 N–H and O–H groups in total. The Morgan fingerprint density at radius 2 is 1.14 bits per heavy atom. The molecule has 6 aromatic carbocycles. The lowest BCUT2D eigenvalue weighted by atomic mass is 10.0. The lowest BCUT2D eigenvalue weighted by Gasteiger charge is -2.11. The Bertz CT molecular complexity index is 2490. The van der Waals surface area contributed by atoms with Crippen molar-refractivity contribution in [1.82, 2.24) is 9.55 Å². The van der Waals surface area contributed by atoms with E-state index in [9.17, 15) is 0 Å². The molecule has 0 bridgehead atoms. The molecule has 3 heterocycles. The Hall–Kier alpha value is -5.93. The van der Waals surface area contributed by atoms with Crippen LogP contribution >= 0.6 is 0 Å². The van der Waals surface area contributed by atoms with E-state index in [0.717, 1.165) is 55.5 Å². The Balaban J connectivity index is 1.32. The number of hydrogen-bond donors (Lipinski definition) is 0. The lowest BCUT2D eigenvalue weighted by molar-refractivity contribution is 0.669. The Morgan fingerprint density at radius 1 is 0.432 bits per heavy atom. The molecule has 0 aliphatic heterocycles. The molecule has 0 fully saturated rings. The van der Waals surface area contributed by atoms with Crippen molar-refractivity contribution >= 4 is 43.7 Å². The predicted molar refractivity (Wildman–Crippen MR) is 182 cm³/mol. The van der Waals surface area contributed by atoms with Crippen molar-refractivity contribution in [2.24, 2.45) is 0 Å². The number of para-hydroxylation sites is 1. The van der Waals surface area contributed by atoms with E-state index in [2.05, 4.69) is 138 Å². The maximum atomic E-state index is 6.31. The second kappa shape index (κ2) is 9.82. The molecule has 0 spiro atoms. The number of nitrogens with zero attached hydrogens (tertiary/aromatic N) is 2. The molecular weight excluding hydrogens is 536 g/mol. The van der Waals surface area contributed by atoms with Crippen molar-refractivity contribution < 1.29 is 4.42 Å². The predicted octanol–water partition coefficient (Wildman–Crippen LogP) is 11.1. The van der Waals surface area contributed by atoms with Gasteiger partial charge in [0, 0.05) is 27.9 Å². The molecule has 44 heavy (non-hydrogen) atoms. The monoisotopic (exact) mass is 562 g/mol. The van der Waals surface area contributed by atoms with Gasteiger partial charge in [0.05, 0.1) is 27.8 Å². The highest BCUT2D eigenvalue weighted by molar-refractivity contribution is 6.15. The number of hydrogen-bond acceptors (Lipinski definition) is 2. The number of furan rings is 1. The van der Waals surface area contributed by atoms with Crippen LogP contribution in [0.5, 0.6) is 0 Å². The summed E-state index contributed by atoms with van der Waals surface area (Å²) in [6, 6.07) is 53.5. The van der Waals surface area contributed by atoms with E-state index in [-0.39, 0.29) is 0 Å². The first kappa shape index (κ1) is 24.6. The summed E-state index contributed by atoms with van der Waals surface area (Å²) in [5, 5.41) is 4.62. The molecule has 0 atom stereocenters. The molecule has 206 valence electrons. The fraction of sp³-hybridized carbons (Fsp3) is 0. The van der Waals surface area contributed by atoms with Crippen LogP contribution in [-0.4, -0.2) is 9.55 Å². The van der Waals surface area contributed by atoms with Gasteiger partial charge in [-0.25, -0.2) is 0 Å². The van der Waals surface area contributed by atoms with Crippen LogP contribution in [-0.2, 0) is 0 Å². The molecule has 0 saturated heterocycles. The Labute approximate surface area is 254 Å². The third-order valence-corrected chi connectivity index (χ3v) is 8.66. The Morgan fingerprint density at radius 3 is 1.95 bits per heavy atom. The van der Waals surface area contributed by atoms with Crippen LogP contribution in [0.1, 0.15) is 0 Å². The molecule has 0 aliphatic rings. The molecular formula is C41H26N2O. The zero-order chi connectivity index (χ0) is 29.0. The number of benzene rings is 6. The van der Waals surface area contributed by atoms with E-state index in [1.165, 1.54) is 27.5 Å². The van der Waals surface area contributed by atoms with Crippen molar-refractivity contribution in [3.63, 3.8) is 0 Å². The second-order valence-corrected chi connectivity index (χ2v) is 11.2. The highest BCUT2D eigenvalue weighted by Crippen LogP contribution is 2.41. The standard InChI is InChI=1S/C41H26N2O/c1-3-10-27(11-4-1)29-18-20-32-34-24-31(35-25-30(22-23-42-35)28-12-5-2-6-13-28)19-21-36(34)43(38(32)26-29)37-15-9-17-40-41(37)33-14-7-8-16-39(33)44-40/h1-26H. The first-order chi connectivity index (χ1) is 21.8. The summed E-state index contributed by atoms with van der Waals surface area (Å²) in [6.07, 6.45) is 1.90. The molecule has 9 rings (SSSR count). The summed E-state index contributed by atoms with van der Waals surface area (Å²) in [6.45, 7) is 0. The van der Waals surface area contributed by atoms with Crippen molar-refractivity contribution in [3.05, 3.63) is 158 Å². The quantitative estimate of drug-likeness (QED) is 0.214. The van der Waals surface area contributed by atoms with Crippen LogP contribution in [0.15, 0.2) is 162 Å². The van der Waals surface area contributed by atoms with Gasteiger partial charge in [-0.1, -0.05) is 103 Å². The number of fused-ring (bicyclic) bond motifs is 6. The molecule has 9 aromatic rings. The minimum absolute atomic E-state index is 0.886. The molecule has 0 unspecified atom stereocenters. The van der Waals surface area contributed by atoms with E-state index in [1.807, 2.05) is 24.4 Å². The molecule has 3 heteroatoms. The van der Waals surface area contributed by atoms with Gasteiger partial charge in [-0.05, 0) is 70.8 Å². The molecule has 3 aromatic heterocycles. The van der Waals surface area contributed by atoms with Gasteiger partial charge in [0.25, 0.3) is 0 Å². The summed E-state index contributed by atoms with van der Waals surface area (Å²) in [5.41, 5.74) is 12.0. The van der Waals surface area contributed by atoms with Crippen LogP contribution in [0.25, 0.3) is 82.9 Å². The van der Waals surface area contributed by atoms with E-state index >= 15 is 0 Å². The number of rotatable bonds is 4. The van der Waals surface area contributed by atoms with Crippen LogP contribution in [0.3, 0.4) is 0 Å². The summed E-state index contributed by atoms with van der Waals surface area (Å²) >= 11 is 0. The Kier molecular flexibility index (Phi) is 5.50. The van der Waals surface area contributed by atoms with E-state index in [1.54, 1.807) is 0 Å². The van der Waals surface area contributed by atoms with E-state index < -0.39 is 0 Å². The molecule has 0 radical (unpaired) electrons. The third-order valence-electron chi connectivity index (χ3n) is 8.66. The second-order valence-electron chi connectivity index (χ2n) is 11.2. The number of aromatic nitrogens is 2. The first-order valence-electron chi connectivity index (χ1n) is 14.9. The van der Waals surface area contributed by atoms with Gasteiger partial charge in [0.1, 0.15) is 11.2 Å². The summed E-state index contributed by atoms with van der Waals surface area (Å²) in [5.74, 6) is 0. The number of pyridine rings is 1. The maximum Gasteiger partial charge on any atom is 0.137 e. The summed E-state index contributed by atoms with van der Waals surface area (Å²) < 4.78 is 8.71. The first-order valence-corrected chi connectivity index (χ1v) is 14.9. The average molecular weight is 563 g/mol. The van der Waals surface area contributed by atoms with Gasteiger partial charge >= 0.3 is 0 Å². The van der Waals surface area contributed by atoms with Crippen LogP contribution < -0.4 is 0 Å². The van der Waals surface area contributed by atoms with Crippen LogP contribution in [0.4, 0.5) is 0 Å². The summed E-state index contributed by atoms with van der Waals surface area (Å²) in [7, 11) is 0. The smallest absolute Gasteiger partial charge is 0.137 e. The maximum absolute atomic E-state index is 6.31. The highest BCUT2D eigenvalue weighted by Gasteiger charge is 2.19. The van der Waals surface area contributed by atoms with Gasteiger partial charge in [-0.3, -0.25) is 4.98 Å². The minimum atomic E-state index is 0.886. The third kappa shape index (κ3) is 3.87. The van der Waals surface area contributed by atoms with E-state index in [4.69, 9.17) is 9.40 Å². The van der Waals surface area contributed by atoms with Gasteiger partial charge < -0.3 is 8.98 Å². The highest BCUT2D eigenvalue weighted by atomic mass is 16.3. The van der Waals surface area contributed by atoms with Crippen molar-refractivity contribution in [2.45, 2.75) is 0 Å². The van der Waals surface area contributed by atoms with Crippen LogP contribution in [0.2, 0.25) is 0 Å². The van der Waals surface area contributed by atoms with Crippen LogP contribution in [0, 0.1) is 0 Å². The molecule has 3 nitrogen and oxygen atoms in total. The fourth-order valence-electron chi connectivity index (χ4n) is 6.59. The topological polar surface area (TPSA) is 31.0 Å². The fourth-order valence-corrected chi connectivity index (χ4v) is 6.59. The van der Waals surface area contributed by atoms with Crippen molar-refractivity contribution in [3.8, 4) is 39.2 Å². The van der Waals surface area contributed by atoms with Gasteiger partial charge in [0.2, 0.25) is 0 Å². The zero-order valence-corrected chi connectivity index (χ0v) is 23.8. The van der Waals surface area contributed by atoms with Gasteiger partial charge in [-0.2, -0.15) is 0 Å². The van der Waals surface area contributed by atoms with Gasteiger partial charge in [0.15, 0.2) is 0 Å². The van der Waals surface area contributed by atoms with Crippen molar-refractivity contribution in [1.29, 1.82) is 0 Å².